The van der Waals surface area contributed by atoms with Crippen molar-refractivity contribution < 1.29 is 96.0 Å². The van der Waals surface area contributed by atoms with Gasteiger partial charge in [-0.1, -0.05) is 151 Å². The Morgan fingerprint density at radius 1 is 0.508 bits per heavy atom. The predicted octanol–water partition coefficient (Wildman–Crippen LogP) is 23.3. The van der Waals surface area contributed by atoms with Crippen molar-refractivity contribution in [2.75, 3.05) is 19.8 Å². The first kappa shape index (κ1) is 123. The van der Waals surface area contributed by atoms with Crippen molar-refractivity contribution in [3.63, 3.8) is 0 Å². The molecule has 11 aliphatic carbocycles. The van der Waals surface area contributed by atoms with Crippen molar-refractivity contribution in [1.82, 2.24) is 9.55 Å². The van der Waals surface area contributed by atoms with Gasteiger partial charge < -0.3 is 52.8 Å². The standard InChI is InChI=1S/C19H32O2.C16H26O4.C14H20O4.C13H24O2.C12H18N2O4.C10H16O4.12CH4/c1-6-18(4,5)17(20)21-19(12(2)3)15-8-13-7-14(10-15)11-16(19)9-13;1-4-13(2,3)12(17)20-16-7-11-5-14(18,9-16)8-15(19,6-11)10-16;1-4-14(2,3)13(16)18-10-7-5-8-9(6-7)12(15)17-11(8)10;1-5-12(3,4)11(14)15-13(6-2)9-7-8-10-13;1-4-12(2,3)10(15)17-7-8-18-11(16)14-6-5-13-9-14;1-4-10(2,3)9(12)14-7-5-6-13-8(7)11;;;;;;;;;;;;/h12-16H,6-11H2,1-5H3;11,18-19H,4-10H2,1-3H3;7-11H,4-6H2,1-3H3;5-10H2,1-4H3;5-6,9H,4,7-8H2,1-3H3;7H,4-6H2,1-3H3;12*1H4. The molecule has 8 atom stereocenters. The number of fused-ring (bicyclic) bond motifs is 1. The second kappa shape index (κ2) is 48.4. The van der Waals surface area contributed by atoms with Crippen LogP contribution in [0.1, 0.15) is 395 Å². The summed E-state index contributed by atoms with van der Waals surface area (Å²) < 4.78 is 50.0. The number of cyclic esters (lactones) is 1. The summed E-state index contributed by atoms with van der Waals surface area (Å²) >= 11 is 0. The van der Waals surface area contributed by atoms with E-state index in [2.05, 4.69) is 32.7 Å². The van der Waals surface area contributed by atoms with E-state index in [1.807, 2.05) is 104 Å². The number of hydrogen-bond acceptors (Lipinski definition) is 21. The van der Waals surface area contributed by atoms with Gasteiger partial charge in [0.05, 0.1) is 56.2 Å². The lowest BCUT2D eigenvalue weighted by atomic mass is 9.47. The third-order valence-electron chi connectivity index (χ3n) is 27.0. The minimum atomic E-state index is -0.842. The fourth-order valence-corrected chi connectivity index (χ4v) is 18.0. The molecule has 14 rings (SSSR count). The highest BCUT2D eigenvalue weighted by Crippen LogP contribution is 2.63. The molecule has 2 saturated heterocycles. The number of aliphatic hydroxyl groups is 2. The Morgan fingerprint density at radius 3 is 1.34 bits per heavy atom. The highest BCUT2D eigenvalue weighted by atomic mass is 16.6. The minimum absolute atomic E-state index is 0. The first-order chi connectivity index (χ1) is 49.2. The highest BCUT2D eigenvalue weighted by Gasteiger charge is 2.66. The largest absolute Gasteiger partial charge is 0.463 e. The van der Waals surface area contributed by atoms with E-state index < -0.39 is 56.6 Å². The Bertz CT molecular complexity index is 3170. The molecule has 3 heterocycles. The molecule has 8 unspecified atom stereocenters. The molecular formula is C96H184N2O20. The molecule has 118 heavy (non-hydrogen) atoms. The number of aromatic nitrogens is 2. The van der Waals surface area contributed by atoms with E-state index in [-0.39, 0.29) is 190 Å². The van der Waals surface area contributed by atoms with Crippen molar-refractivity contribution in [1.29, 1.82) is 0 Å². The third kappa shape index (κ3) is 28.7. The van der Waals surface area contributed by atoms with Crippen molar-refractivity contribution in [3.05, 3.63) is 18.7 Å². The van der Waals surface area contributed by atoms with Gasteiger partial charge in [-0.15, -0.1) is 0 Å². The van der Waals surface area contributed by atoms with Crippen molar-refractivity contribution in [3.8, 4) is 0 Å². The molecule has 13 fully saturated rings. The van der Waals surface area contributed by atoms with Crippen LogP contribution in [0.5, 0.6) is 0 Å². The average Bonchev–Trinajstić information content (AvgIpc) is 1.07. The zero-order valence-corrected chi connectivity index (χ0v) is 68.6. The maximum absolute atomic E-state index is 12.8. The smallest absolute Gasteiger partial charge is 0.419 e. The number of carbonyl (C=O) groups excluding carboxylic acids is 9. The fourth-order valence-electron chi connectivity index (χ4n) is 18.0. The zero-order valence-electron chi connectivity index (χ0n) is 68.6. The minimum Gasteiger partial charge on any atom is -0.463 e. The molecule has 2 aliphatic heterocycles. The number of rotatable bonds is 22. The third-order valence-corrected chi connectivity index (χ3v) is 27.0. The zero-order chi connectivity index (χ0) is 79.2. The molecule has 11 saturated carbocycles. The van der Waals surface area contributed by atoms with Crippen LogP contribution in [0.4, 0.5) is 4.79 Å². The van der Waals surface area contributed by atoms with Gasteiger partial charge >= 0.3 is 53.8 Å². The number of hydrogen-bond donors (Lipinski definition) is 2. The quantitative estimate of drug-likeness (QED) is 0.0619. The van der Waals surface area contributed by atoms with Crippen molar-refractivity contribution in [2.24, 2.45) is 85.8 Å². The second-order valence-electron chi connectivity index (χ2n) is 37.6. The molecule has 22 heteroatoms. The van der Waals surface area contributed by atoms with Gasteiger partial charge in [-0.25, -0.2) is 19.1 Å². The summed E-state index contributed by atoms with van der Waals surface area (Å²) in [7, 11) is 0. The van der Waals surface area contributed by atoms with E-state index in [1.54, 1.807) is 13.8 Å². The molecule has 698 valence electrons. The van der Waals surface area contributed by atoms with Crippen molar-refractivity contribution >= 4 is 53.8 Å². The lowest BCUT2D eigenvalue weighted by Gasteiger charge is -2.62. The van der Waals surface area contributed by atoms with Gasteiger partial charge in [-0.05, 0) is 253 Å². The normalized spacial score (nSPS) is 28.4. The molecule has 22 nitrogen and oxygen atoms in total. The van der Waals surface area contributed by atoms with Gasteiger partial charge in [0.25, 0.3) is 0 Å². The van der Waals surface area contributed by atoms with Crippen LogP contribution >= 0.6 is 0 Å². The lowest BCUT2D eigenvalue weighted by Crippen LogP contribution is -2.67. The Balaban J connectivity index is -0.000000314. The number of nitrogens with zero attached hydrogens (tertiary/aromatic N) is 2. The van der Waals surface area contributed by atoms with Gasteiger partial charge in [0.15, 0.2) is 0 Å². The molecule has 10 bridgehead atoms. The van der Waals surface area contributed by atoms with E-state index >= 15 is 0 Å². The number of carbonyl (C=O) groups is 9. The molecule has 0 spiro atoms. The first-order valence-electron chi connectivity index (χ1n) is 40.5. The highest BCUT2D eigenvalue weighted by molar-refractivity contribution is 5.83. The van der Waals surface area contributed by atoms with Crippen LogP contribution in [0.3, 0.4) is 0 Å². The number of esters is 8. The van der Waals surface area contributed by atoms with E-state index in [4.69, 9.17) is 42.6 Å². The van der Waals surface area contributed by atoms with Crippen LogP contribution in [0.15, 0.2) is 18.7 Å². The van der Waals surface area contributed by atoms with E-state index in [1.165, 1.54) is 68.2 Å². The first-order valence-corrected chi connectivity index (χ1v) is 40.5. The van der Waals surface area contributed by atoms with Crippen LogP contribution in [0.25, 0.3) is 0 Å². The van der Waals surface area contributed by atoms with Crippen LogP contribution in [-0.2, 0) is 81.0 Å². The fraction of sp³-hybridized carbons (Fsp3) is 0.875. The Morgan fingerprint density at radius 2 is 0.932 bits per heavy atom. The summed E-state index contributed by atoms with van der Waals surface area (Å²) in [6, 6.07) is 0. The molecule has 0 aromatic carbocycles. The second-order valence-corrected chi connectivity index (χ2v) is 37.6. The van der Waals surface area contributed by atoms with Crippen LogP contribution < -0.4 is 0 Å². The van der Waals surface area contributed by atoms with Gasteiger partial charge in [-0.3, -0.25) is 33.6 Å². The summed E-state index contributed by atoms with van der Waals surface area (Å²) in [5, 5.41) is 21.3. The van der Waals surface area contributed by atoms with Crippen LogP contribution in [0.2, 0.25) is 0 Å². The molecule has 0 amide bonds. The monoisotopic (exact) mass is 1690 g/mol. The lowest BCUT2D eigenvalue weighted by molar-refractivity contribution is -0.264. The summed E-state index contributed by atoms with van der Waals surface area (Å²) in [5.74, 6) is 3.00. The van der Waals surface area contributed by atoms with Gasteiger partial charge in [0.1, 0.15) is 48.6 Å². The Hall–Kier alpha value is -5.64. The molecule has 1 aromatic rings. The Kier molecular flexibility index (Phi) is 50.5. The maximum atomic E-state index is 12.8. The summed E-state index contributed by atoms with van der Waals surface area (Å²) in [5.41, 5.74) is -5.31. The topological polar surface area (TPSA) is 295 Å². The summed E-state index contributed by atoms with van der Waals surface area (Å²) in [6.07, 6.45) is 25.3. The van der Waals surface area contributed by atoms with Crippen LogP contribution in [0, 0.1) is 85.8 Å². The summed E-state index contributed by atoms with van der Waals surface area (Å²) in [6.45, 7) is 41.8. The summed E-state index contributed by atoms with van der Waals surface area (Å²) in [4.78, 5) is 110. The maximum Gasteiger partial charge on any atom is 0.419 e. The molecule has 2 N–H and O–H groups in total. The van der Waals surface area contributed by atoms with Crippen LogP contribution in [-0.4, -0.2) is 140 Å². The van der Waals surface area contributed by atoms with E-state index in [9.17, 15) is 53.4 Å². The molecule has 1 aromatic heterocycles. The average molecular weight is 1690 g/mol. The molecule has 13 aliphatic rings. The van der Waals surface area contributed by atoms with E-state index in [0.717, 1.165) is 88.9 Å². The van der Waals surface area contributed by atoms with Gasteiger partial charge in [0, 0.05) is 49.9 Å². The Labute approximate surface area is 721 Å². The predicted molar refractivity (Wildman–Crippen MR) is 478 cm³/mol. The van der Waals surface area contributed by atoms with Gasteiger partial charge in [-0.2, -0.15) is 0 Å². The molecular weight excluding hydrogens is 1500 g/mol. The number of ether oxygens (including phenoxy) is 9. The number of imidazole rings is 1. The SMILES string of the molecule is C.C.C.C.C.C.C.C.C.C.C.C.CCC(C)(C)C(=O)OC1(C(C)C)C2CC3CC(C2)CC1C3.CCC(C)(C)C(=O)OC12CC3CC(O)(CC(O)(C3)C1)C2.CCC(C)(C)C(=O)OC1C2CC3C(=O)OC1C3C2.CCC(C)(C)C(=O)OC1CCOC1=O.CCC(C)(C)C(=O)OCCOC(=O)n1ccnc1.CCC1(OC(=O)C(C)(C)CC)CCCC1. The van der Waals surface area contributed by atoms with Gasteiger partial charge in [0.2, 0.25) is 6.10 Å². The molecule has 0 radical (unpaired) electrons. The van der Waals surface area contributed by atoms with Crippen molar-refractivity contribution in [2.45, 2.75) is 441 Å². The van der Waals surface area contributed by atoms with E-state index in [0.29, 0.717) is 74.7 Å².